The molecule has 0 saturated heterocycles. The van der Waals surface area contributed by atoms with Crippen LogP contribution in [-0.4, -0.2) is 22.3 Å². The number of hydrogen-bond acceptors (Lipinski definition) is 2. The smallest absolute Gasteiger partial charge is 0.331 e. The summed E-state index contributed by atoms with van der Waals surface area (Å²) in [6.45, 7) is 0. The van der Waals surface area contributed by atoms with Crippen LogP contribution in [0, 0.1) is 17.3 Å². The number of aliphatic hydroxyl groups is 1. The van der Waals surface area contributed by atoms with E-state index in [9.17, 15) is 9.90 Å². The minimum Gasteiger partial charge on any atom is -0.478 e. The van der Waals surface area contributed by atoms with Crippen molar-refractivity contribution in [1.29, 1.82) is 0 Å². The zero-order chi connectivity index (χ0) is 11.3. The van der Waals surface area contributed by atoms with Gasteiger partial charge in [-0.05, 0) is 50.4 Å². The molecule has 16 heavy (non-hydrogen) atoms. The van der Waals surface area contributed by atoms with Crippen LogP contribution < -0.4 is 0 Å². The van der Waals surface area contributed by atoms with E-state index in [1.165, 1.54) is 6.42 Å². The number of carboxylic acids is 1. The van der Waals surface area contributed by atoms with Gasteiger partial charge in [-0.1, -0.05) is 6.08 Å². The highest BCUT2D eigenvalue weighted by Gasteiger charge is 2.58. The Labute approximate surface area is 95.2 Å². The van der Waals surface area contributed by atoms with Crippen LogP contribution in [0.5, 0.6) is 0 Å². The van der Waals surface area contributed by atoms with Gasteiger partial charge >= 0.3 is 5.97 Å². The summed E-state index contributed by atoms with van der Waals surface area (Å²) in [5.41, 5.74) is 0.434. The lowest BCUT2D eigenvalue weighted by atomic mass is 9.63. The summed E-state index contributed by atoms with van der Waals surface area (Å²) < 4.78 is 0. The highest BCUT2D eigenvalue weighted by molar-refractivity contribution is 5.86. The third kappa shape index (κ3) is 1.21. The molecule has 1 spiro atoms. The van der Waals surface area contributed by atoms with Crippen LogP contribution in [-0.2, 0) is 4.79 Å². The zero-order valence-corrected chi connectivity index (χ0v) is 9.35. The van der Waals surface area contributed by atoms with E-state index in [2.05, 4.69) is 0 Å². The molecule has 0 aromatic carbocycles. The van der Waals surface area contributed by atoms with Crippen LogP contribution in [0.1, 0.15) is 38.5 Å². The first-order chi connectivity index (χ1) is 7.63. The summed E-state index contributed by atoms with van der Waals surface area (Å²) in [4.78, 5) is 11.1. The molecule has 0 aliphatic heterocycles. The van der Waals surface area contributed by atoms with Gasteiger partial charge in [-0.15, -0.1) is 0 Å². The number of carbonyl (C=O) groups is 1. The largest absolute Gasteiger partial charge is 0.478 e. The van der Waals surface area contributed by atoms with Crippen LogP contribution in [0.3, 0.4) is 0 Å². The highest BCUT2D eigenvalue weighted by Crippen LogP contribution is 2.61. The number of hydrogen-bond donors (Lipinski definition) is 2. The molecule has 3 aliphatic rings. The second-order valence-corrected chi connectivity index (χ2v) is 5.70. The van der Waals surface area contributed by atoms with Crippen molar-refractivity contribution >= 4 is 5.97 Å². The molecule has 0 amide bonds. The van der Waals surface area contributed by atoms with E-state index in [1.54, 1.807) is 0 Å². The van der Waals surface area contributed by atoms with Crippen molar-refractivity contribution in [1.82, 2.24) is 0 Å². The van der Waals surface area contributed by atoms with Crippen molar-refractivity contribution in [3.05, 3.63) is 11.6 Å². The predicted molar refractivity (Wildman–Crippen MR) is 58.8 cm³/mol. The first-order valence-electron chi connectivity index (χ1n) is 6.24. The number of fused-ring (bicyclic) bond motifs is 3. The Morgan fingerprint density at radius 1 is 1.44 bits per heavy atom. The molecule has 2 unspecified atom stereocenters. The standard InChI is InChI=1S/C13H18O3/c14-11-8-3-4-10(6-8)13(11)5-1-2-9(7-13)12(15)16/h2,8,10-11,14H,1,3-7H2,(H,15,16)/t8-,10+,11?,13?/m1/s1. The van der Waals surface area contributed by atoms with E-state index in [1.807, 2.05) is 6.08 Å². The van der Waals surface area contributed by atoms with Gasteiger partial charge in [-0.3, -0.25) is 0 Å². The Balaban J connectivity index is 1.90. The third-order valence-corrected chi connectivity index (χ3v) is 5.12. The van der Waals surface area contributed by atoms with Gasteiger partial charge in [0.05, 0.1) is 6.10 Å². The van der Waals surface area contributed by atoms with E-state index in [0.29, 0.717) is 23.8 Å². The second kappa shape index (κ2) is 3.33. The number of carboxylic acid groups (broad SMARTS) is 1. The number of aliphatic hydroxyl groups excluding tert-OH is 1. The van der Waals surface area contributed by atoms with Crippen molar-refractivity contribution in [3.8, 4) is 0 Å². The topological polar surface area (TPSA) is 57.5 Å². The molecule has 3 rings (SSSR count). The maximum absolute atomic E-state index is 11.1. The van der Waals surface area contributed by atoms with Gasteiger partial charge in [0.15, 0.2) is 0 Å². The molecule has 2 fully saturated rings. The number of aliphatic carboxylic acids is 1. The van der Waals surface area contributed by atoms with Gasteiger partial charge < -0.3 is 10.2 Å². The van der Waals surface area contributed by atoms with Crippen molar-refractivity contribution in [2.75, 3.05) is 0 Å². The predicted octanol–water partition coefficient (Wildman–Crippen LogP) is 1.96. The Kier molecular flexibility index (Phi) is 2.15. The van der Waals surface area contributed by atoms with E-state index in [-0.39, 0.29) is 11.5 Å². The van der Waals surface area contributed by atoms with Crippen molar-refractivity contribution < 1.29 is 15.0 Å². The minimum absolute atomic E-state index is 0.0919. The zero-order valence-electron chi connectivity index (χ0n) is 9.35. The van der Waals surface area contributed by atoms with E-state index in [4.69, 9.17) is 5.11 Å². The molecule has 0 radical (unpaired) electrons. The first-order valence-corrected chi connectivity index (χ1v) is 6.24. The average molecular weight is 222 g/mol. The Morgan fingerprint density at radius 2 is 2.25 bits per heavy atom. The van der Waals surface area contributed by atoms with Gasteiger partial charge in [-0.25, -0.2) is 4.79 Å². The Morgan fingerprint density at radius 3 is 2.88 bits per heavy atom. The fourth-order valence-corrected chi connectivity index (χ4v) is 4.33. The molecule has 0 aromatic rings. The van der Waals surface area contributed by atoms with Crippen LogP contribution >= 0.6 is 0 Å². The molecule has 3 nitrogen and oxygen atoms in total. The summed E-state index contributed by atoms with van der Waals surface area (Å²) in [5, 5.41) is 19.5. The summed E-state index contributed by atoms with van der Waals surface area (Å²) in [5.74, 6) is 0.211. The van der Waals surface area contributed by atoms with E-state index < -0.39 is 5.97 Å². The SMILES string of the molecule is O=C(O)C1=CCCC2(C1)C(O)[C@@H]1CC[C@H]2C1. The molecule has 3 heteroatoms. The fraction of sp³-hybridized carbons (Fsp3) is 0.769. The third-order valence-electron chi connectivity index (χ3n) is 5.12. The molecule has 2 bridgehead atoms. The lowest BCUT2D eigenvalue weighted by Gasteiger charge is -2.43. The molecule has 2 N–H and O–H groups in total. The monoisotopic (exact) mass is 222 g/mol. The summed E-state index contributed by atoms with van der Waals surface area (Å²) in [7, 11) is 0. The van der Waals surface area contributed by atoms with Crippen LogP contribution in [0.2, 0.25) is 0 Å². The molecular formula is C13H18O3. The molecule has 3 aliphatic carbocycles. The molecule has 0 aromatic heterocycles. The van der Waals surface area contributed by atoms with Gasteiger partial charge in [0.25, 0.3) is 0 Å². The molecule has 0 heterocycles. The maximum Gasteiger partial charge on any atom is 0.331 e. The maximum atomic E-state index is 11.1. The highest BCUT2D eigenvalue weighted by atomic mass is 16.4. The molecular weight excluding hydrogens is 204 g/mol. The molecule has 2 saturated carbocycles. The van der Waals surface area contributed by atoms with Crippen molar-refractivity contribution in [2.45, 2.75) is 44.6 Å². The molecule has 88 valence electrons. The van der Waals surface area contributed by atoms with Crippen molar-refractivity contribution in [3.63, 3.8) is 0 Å². The number of allylic oxidation sites excluding steroid dienone is 1. The van der Waals surface area contributed by atoms with Crippen LogP contribution in [0.25, 0.3) is 0 Å². The van der Waals surface area contributed by atoms with Crippen molar-refractivity contribution in [2.24, 2.45) is 17.3 Å². The quantitative estimate of drug-likeness (QED) is 0.713. The fourth-order valence-electron chi connectivity index (χ4n) is 4.33. The Hall–Kier alpha value is -0.830. The van der Waals surface area contributed by atoms with Gasteiger partial charge in [0, 0.05) is 11.0 Å². The number of rotatable bonds is 1. The van der Waals surface area contributed by atoms with Gasteiger partial charge in [-0.2, -0.15) is 0 Å². The molecule has 4 atom stereocenters. The lowest BCUT2D eigenvalue weighted by Crippen LogP contribution is -2.42. The average Bonchev–Trinajstić information content (AvgIpc) is 2.84. The van der Waals surface area contributed by atoms with Gasteiger partial charge in [0.1, 0.15) is 0 Å². The normalized spacial score (nSPS) is 46.1. The van der Waals surface area contributed by atoms with E-state index in [0.717, 1.165) is 25.7 Å². The lowest BCUT2D eigenvalue weighted by molar-refractivity contribution is -0.134. The van der Waals surface area contributed by atoms with Gasteiger partial charge in [0.2, 0.25) is 0 Å². The summed E-state index contributed by atoms with van der Waals surface area (Å²) >= 11 is 0. The van der Waals surface area contributed by atoms with E-state index >= 15 is 0 Å². The Bertz CT molecular complexity index is 356. The second-order valence-electron chi connectivity index (χ2n) is 5.70. The summed E-state index contributed by atoms with van der Waals surface area (Å²) in [6.07, 6.45) is 7.42. The van der Waals surface area contributed by atoms with Crippen LogP contribution in [0.15, 0.2) is 11.6 Å². The minimum atomic E-state index is -0.797. The summed E-state index contributed by atoms with van der Waals surface area (Å²) in [6, 6.07) is 0. The van der Waals surface area contributed by atoms with Crippen LogP contribution in [0.4, 0.5) is 0 Å². The first kappa shape index (κ1) is 10.3.